The molecule has 0 aliphatic carbocycles. The number of aromatic nitrogens is 1. The molecule has 104 valence electrons. The molecule has 0 atom stereocenters. The van der Waals surface area contributed by atoms with Crippen molar-refractivity contribution in [2.75, 3.05) is 17.1 Å². The van der Waals surface area contributed by atoms with Gasteiger partial charge in [0.1, 0.15) is 0 Å². The maximum atomic E-state index is 11.7. The van der Waals surface area contributed by atoms with E-state index in [1.54, 1.807) is 6.92 Å². The molecule has 0 spiro atoms. The summed E-state index contributed by atoms with van der Waals surface area (Å²) < 4.78 is 12.5. The summed E-state index contributed by atoms with van der Waals surface area (Å²) in [6.07, 6.45) is 0.693. The van der Waals surface area contributed by atoms with Crippen molar-refractivity contribution in [2.45, 2.75) is 13.3 Å². The zero-order valence-electron chi connectivity index (χ0n) is 10.9. The average molecular weight is 337 g/mol. The topological polar surface area (TPSA) is 55.6 Å². The lowest BCUT2D eigenvalue weighted by atomic mass is 10.1. The van der Waals surface area contributed by atoms with Crippen molar-refractivity contribution < 1.29 is 13.9 Å². The molecule has 0 radical (unpaired) electrons. The first-order valence-corrected chi connectivity index (χ1v) is 7.11. The molecule has 2 heterocycles. The summed E-state index contributed by atoms with van der Waals surface area (Å²) in [5.74, 6) is 0.147. The number of fused-ring (bicyclic) bond motifs is 3. The Balaban J connectivity index is 2.09. The first-order chi connectivity index (χ1) is 9.70. The lowest BCUT2D eigenvalue weighted by molar-refractivity contribution is 0.0481. The molecule has 1 aliphatic rings. The minimum Gasteiger partial charge on any atom is -0.459 e. The van der Waals surface area contributed by atoms with Crippen LogP contribution in [0.2, 0.25) is 0 Å². The number of nitrogens with zero attached hydrogens (tertiary/aromatic N) is 2. The Hall–Kier alpha value is -1.82. The minimum absolute atomic E-state index is 0.0228. The number of carbonyl (C=O) groups is 1. The number of benzene rings is 1. The third-order valence-corrected chi connectivity index (χ3v) is 3.84. The van der Waals surface area contributed by atoms with E-state index in [2.05, 4.69) is 21.1 Å². The van der Waals surface area contributed by atoms with Gasteiger partial charge in [-0.2, -0.15) is 0 Å². The fraction of sp³-hybridized carbons (Fsp3) is 0.286. The molecule has 0 saturated heterocycles. The number of hydrogen-bond donors (Lipinski definition) is 0. The summed E-state index contributed by atoms with van der Waals surface area (Å²) >= 11 is 3.53. The van der Waals surface area contributed by atoms with Gasteiger partial charge >= 0.3 is 11.9 Å². The van der Waals surface area contributed by atoms with Gasteiger partial charge in [-0.15, -0.1) is 0 Å². The number of halogens is 1. The Labute approximate surface area is 124 Å². The summed E-state index contributed by atoms with van der Waals surface area (Å²) in [7, 11) is 0. The molecule has 1 aromatic carbocycles. The highest BCUT2D eigenvalue weighted by atomic mass is 79.9. The Kier molecular flexibility index (Phi) is 3.48. The van der Waals surface area contributed by atoms with Crippen molar-refractivity contribution in [3.05, 3.63) is 35.9 Å². The maximum Gasteiger partial charge on any atom is 0.394 e. The van der Waals surface area contributed by atoms with Crippen LogP contribution in [0.15, 0.2) is 28.7 Å². The third-order valence-electron chi connectivity index (χ3n) is 3.10. The van der Waals surface area contributed by atoms with Crippen LogP contribution in [0.5, 0.6) is 0 Å². The van der Waals surface area contributed by atoms with E-state index in [1.807, 2.05) is 28.2 Å². The predicted octanol–water partition coefficient (Wildman–Crippen LogP) is 3.19. The van der Waals surface area contributed by atoms with Crippen LogP contribution in [0.3, 0.4) is 0 Å². The van der Waals surface area contributed by atoms with Gasteiger partial charge in [-0.25, -0.2) is 9.78 Å². The fourth-order valence-electron chi connectivity index (χ4n) is 2.21. The molecule has 1 aromatic heterocycles. The van der Waals surface area contributed by atoms with Gasteiger partial charge in [0.2, 0.25) is 0 Å². The molecule has 0 fully saturated rings. The molecule has 0 amide bonds. The summed E-state index contributed by atoms with van der Waals surface area (Å²) in [6, 6.07) is 7.83. The van der Waals surface area contributed by atoms with E-state index in [-0.39, 0.29) is 5.89 Å². The van der Waals surface area contributed by atoms with Crippen molar-refractivity contribution in [3.8, 4) is 11.3 Å². The standard InChI is InChI=1S/C14H13BrN2O3/c1-2-19-14(18)13-16-10-7-8-17(15)11-6-4-3-5-9(11)12(10)20-13/h3-6H,2,7-8H2,1H3. The van der Waals surface area contributed by atoms with E-state index in [0.717, 1.165) is 23.5 Å². The second-order valence-corrected chi connectivity index (χ2v) is 5.22. The third kappa shape index (κ3) is 2.20. The van der Waals surface area contributed by atoms with Crippen molar-refractivity contribution in [3.63, 3.8) is 0 Å². The lowest BCUT2D eigenvalue weighted by Gasteiger charge is -2.15. The molecule has 20 heavy (non-hydrogen) atoms. The van der Waals surface area contributed by atoms with Gasteiger partial charge in [0.15, 0.2) is 5.76 Å². The van der Waals surface area contributed by atoms with Crippen molar-refractivity contribution >= 4 is 27.8 Å². The van der Waals surface area contributed by atoms with Crippen LogP contribution in [0.4, 0.5) is 5.69 Å². The molecule has 2 aromatic rings. The summed E-state index contributed by atoms with van der Waals surface area (Å²) in [4.78, 5) is 16.0. The van der Waals surface area contributed by atoms with Crippen LogP contribution in [0.1, 0.15) is 23.3 Å². The Bertz CT molecular complexity index is 654. The molecular weight excluding hydrogens is 324 g/mol. The normalized spacial score (nSPS) is 13.4. The number of rotatable bonds is 2. The molecule has 5 nitrogen and oxygen atoms in total. The number of anilines is 1. The minimum atomic E-state index is -0.520. The van der Waals surface area contributed by atoms with Gasteiger partial charge in [-0.05, 0) is 19.1 Å². The van der Waals surface area contributed by atoms with E-state index in [9.17, 15) is 4.79 Å². The molecule has 0 saturated carbocycles. The van der Waals surface area contributed by atoms with Crippen LogP contribution in [-0.4, -0.2) is 24.1 Å². The second kappa shape index (κ2) is 5.28. The summed E-state index contributed by atoms with van der Waals surface area (Å²) in [5.41, 5.74) is 2.69. The molecule has 3 rings (SSSR count). The van der Waals surface area contributed by atoms with Gasteiger partial charge in [-0.3, -0.25) is 0 Å². The summed E-state index contributed by atoms with van der Waals surface area (Å²) in [5, 5.41) is 0. The number of para-hydroxylation sites is 1. The van der Waals surface area contributed by atoms with Crippen LogP contribution in [0.25, 0.3) is 11.3 Å². The van der Waals surface area contributed by atoms with Crippen molar-refractivity contribution in [1.82, 2.24) is 4.98 Å². The molecule has 0 N–H and O–H groups in total. The predicted molar refractivity (Wildman–Crippen MR) is 77.9 cm³/mol. The first-order valence-electron chi connectivity index (χ1n) is 6.40. The van der Waals surface area contributed by atoms with E-state index >= 15 is 0 Å². The van der Waals surface area contributed by atoms with E-state index in [1.165, 1.54) is 0 Å². The van der Waals surface area contributed by atoms with Gasteiger partial charge in [0.05, 0.1) is 18.0 Å². The van der Waals surface area contributed by atoms with E-state index in [4.69, 9.17) is 9.15 Å². The molecule has 6 heteroatoms. The van der Waals surface area contributed by atoms with E-state index < -0.39 is 5.97 Å². The smallest absolute Gasteiger partial charge is 0.394 e. The van der Waals surface area contributed by atoms with Gasteiger partial charge in [0, 0.05) is 34.7 Å². The number of carbonyl (C=O) groups excluding carboxylic acids is 1. The second-order valence-electron chi connectivity index (χ2n) is 4.37. The first kappa shape index (κ1) is 13.2. The Morgan fingerprint density at radius 1 is 1.50 bits per heavy atom. The maximum absolute atomic E-state index is 11.7. The fourth-order valence-corrected chi connectivity index (χ4v) is 2.70. The highest BCUT2D eigenvalue weighted by Gasteiger charge is 2.26. The van der Waals surface area contributed by atoms with Crippen LogP contribution in [0, 0.1) is 0 Å². The van der Waals surface area contributed by atoms with Crippen LogP contribution < -0.4 is 3.93 Å². The van der Waals surface area contributed by atoms with Crippen molar-refractivity contribution in [2.24, 2.45) is 0 Å². The largest absolute Gasteiger partial charge is 0.459 e. The van der Waals surface area contributed by atoms with Crippen LogP contribution in [-0.2, 0) is 11.2 Å². The lowest BCUT2D eigenvalue weighted by Crippen LogP contribution is -2.12. The molecular formula is C14H13BrN2O3. The summed E-state index contributed by atoms with van der Waals surface area (Å²) in [6.45, 7) is 2.81. The quantitative estimate of drug-likeness (QED) is 0.622. The average Bonchev–Trinajstić information content (AvgIpc) is 2.84. The van der Waals surface area contributed by atoms with Gasteiger partial charge in [0.25, 0.3) is 0 Å². The Morgan fingerprint density at radius 2 is 2.30 bits per heavy atom. The number of esters is 1. The number of ether oxygens (including phenoxy) is 1. The SMILES string of the molecule is CCOC(=O)c1nc2c(o1)-c1ccccc1N(Br)CC2. The van der Waals surface area contributed by atoms with Crippen molar-refractivity contribution in [1.29, 1.82) is 0 Å². The number of oxazole rings is 1. The molecule has 0 bridgehead atoms. The van der Waals surface area contributed by atoms with Gasteiger partial charge < -0.3 is 13.1 Å². The zero-order valence-corrected chi connectivity index (χ0v) is 12.5. The van der Waals surface area contributed by atoms with E-state index in [0.29, 0.717) is 18.8 Å². The molecule has 1 aliphatic heterocycles. The monoisotopic (exact) mass is 336 g/mol. The highest BCUT2D eigenvalue weighted by molar-refractivity contribution is 9.10. The molecule has 0 unspecified atom stereocenters. The Morgan fingerprint density at radius 3 is 3.10 bits per heavy atom. The van der Waals surface area contributed by atoms with Crippen LogP contribution >= 0.6 is 16.1 Å². The highest BCUT2D eigenvalue weighted by Crippen LogP contribution is 2.37. The zero-order chi connectivity index (χ0) is 14.1. The van der Waals surface area contributed by atoms with Gasteiger partial charge in [-0.1, -0.05) is 12.1 Å². The number of hydrogen-bond acceptors (Lipinski definition) is 5.